The summed E-state index contributed by atoms with van der Waals surface area (Å²) < 4.78 is 14.8. The third-order valence-corrected chi connectivity index (χ3v) is 4.65. The lowest BCUT2D eigenvalue weighted by molar-refractivity contribution is 0.0949. The third kappa shape index (κ3) is 3.78. The van der Waals surface area contributed by atoms with Gasteiger partial charge in [0.1, 0.15) is 11.6 Å². The molecule has 0 aliphatic carbocycles. The quantitative estimate of drug-likeness (QED) is 0.580. The molecule has 29 heavy (non-hydrogen) atoms. The number of halogens is 1. The molecule has 0 aliphatic rings. The molecule has 4 rings (SSSR count). The molecule has 0 radical (unpaired) electrons. The Hall–Kier alpha value is -3.80. The first-order valence-electron chi connectivity index (χ1n) is 9.14. The SMILES string of the molecule is Cc1ccc(C(=O)NCc2nc3ccccc3c(=O)n2-c2ccc(F)cc2)cc1. The van der Waals surface area contributed by atoms with Crippen molar-refractivity contribution < 1.29 is 9.18 Å². The fourth-order valence-electron chi connectivity index (χ4n) is 3.12. The summed E-state index contributed by atoms with van der Waals surface area (Å²) in [7, 11) is 0. The Morgan fingerprint density at radius 2 is 1.69 bits per heavy atom. The molecule has 1 heterocycles. The minimum absolute atomic E-state index is 0.0458. The molecule has 0 fully saturated rings. The normalized spacial score (nSPS) is 10.8. The van der Waals surface area contributed by atoms with Crippen molar-refractivity contribution in [3.05, 3.63) is 106 Å². The predicted octanol–water partition coefficient (Wildman–Crippen LogP) is 3.76. The van der Waals surface area contributed by atoms with Gasteiger partial charge in [0.25, 0.3) is 11.5 Å². The van der Waals surface area contributed by atoms with Gasteiger partial charge in [0, 0.05) is 5.56 Å². The van der Waals surface area contributed by atoms with E-state index >= 15 is 0 Å². The number of rotatable bonds is 4. The maximum absolute atomic E-state index is 13.4. The molecular formula is C23H18FN3O2. The maximum atomic E-state index is 13.4. The molecule has 6 heteroatoms. The van der Waals surface area contributed by atoms with Crippen LogP contribution in [0.4, 0.5) is 4.39 Å². The van der Waals surface area contributed by atoms with Crippen LogP contribution in [-0.2, 0) is 6.54 Å². The molecule has 0 saturated carbocycles. The van der Waals surface area contributed by atoms with Crippen LogP contribution in [-0.4, -0.2) is 15.5 Å². The minimum atomic E-state index is -0.398. The number of nitrogens with zero attached hydrogens (tertiary/aromatic N) is 2. The average molecular weight is 387 g/mol. The highest BCUT2D eigenvalue weighted by molar-refractivity contribution is 5.94. The largest absolute Gasteiger partial charge is 0.345 e. The van der Waals surface area contributed by atoms with Crippen molar-refractivity contribution in [2.75, 3.05) is 0 Å². The van der Waals surface area contributed by atoms with Gasteiger partial charge in [-0.2, -0.15) is 0 Å². The highest BCUT2D eigenvalue weighted by Gasteiger charge is 2.14. The summed E-state index contributed by atoms with van der Waals surface area (Å²) in [6.07, 6.45) is 0. The number of hydrogen-bond donors (Lipinski definition) is 1. The molecule has 0 saturated heterocycles. The van der Waals surface area contributed by atoms with Gasteiger partial charge in [0.15, 0.2) is 0 Å². The molecule has 1 aromatic heterocycles. The summed E-state index contributed by atoms with van der Waals surface area (Å²) in [4.78, 5) is 30.2. The van der Waals surface area contributed by atoms with Crippen LogP contribution >= 0.6 is 0 Å². The summed E-state index contributed by atoms with van der Waals surface area (Å²) in [6, 6.07) is 19.8. The van der Waals surface area contributed by atoms with Crippen molar-refractivity contribution in [3.63, 3.8) is 0 Å². The van der Waals surface area contributed by atoms with E-state index in [1.165, 1.54) is 28.8 Å². The van der Waals surface area contributed by atoms with Crippen LogP contribution < -0.4 is 10.9 Å². The fraction of sp³-hybridized carbons (Fsp3) is 0.0870. The number of fused-ring (bicyclic) bond motifs is 1. The van der Waals surface area contributed by atoms with Gasteiger partial charge in [-0.25, -0.2) is 9.37 Å². The Kier molecular flexibility index (Phi) is 4.91. The highest BCUT2D eigenvalue weighted by atomic mass is 19.1. The monoisotopic (exact) mass is 387 g/mol. The minimum Gasteiger partial charge on any atom is -0.345 e. The number of carbonyl (C=O) groups is 1. The summed E-state index contributed by atoms with van der Waals surface area (Å²) in [5.41, 5.74) is 2.32. The van der Waals surface area contributed by atoms with E-state index < -0.39 is 5.82 Å². The number of aromatic nitrogens is 2. The van der Waals surface area contributed by atoms with Crippen LogP contribution in [0.5, 0.6) is 0 Å². The van der Waals surface area contributed by atoms with Crippen LogP contribution in [0, 0.1) is 12.7 Å². The van der Waals surface area contributed by atoms with Gasteiger partial charge < -0.3 is 5.32 Å². The van der Waals surface area contributed by atoms with Gasteiger partial charge >= 0.3 is 0 Å². The van der Waals surface area contributed by atoms with E-state index in [4.69, 9.17) is 0 Å². The van der Waals surface area contributed by atoms with E-state index in [1.807, 2.05) is 19.1 Å². The second kappa shape index (κ2) is 7.67. The molecule has 0 unspecified atom stereocenters. The molecule has 4 aromatic rings. The number of para-hydroxylation sites is 1. The summed E-state index contributed by atoms with van der Waals surface area (Å²) in [6.45, 7) is 1.99. The first kappa shape index (κ1) is 18.6. The van der Waals surface area contributed by atoms with E-state index in [2.05, 4.69) is 10.3 Å². The van der Waals surface area contributed by atoms with Gasteiger partial charge in [0.2, 0.25) is 0 Å². The fourth-order valence-corrected chi connectivity index (χ4v) is 3.12. The molecular weight excluding hydrogens is 369 g/mol. The average Bonchev–Trinajstić information content (AvgIpc) is 2.73. The lowest BCUT2D eigenvalue weighted by Gasteiger charge is -2.14. The zero-order valence-corrected chi connectivity index (χ0v) is 15.7. The van der Waals surface area contributed by atoms with E-state index in [1.54, 1.807) is 36.4 Å². The Bertz CT molecular complexity index is 1250. The first-order valence-corrected chi connectivity index (χ1v) is 9.14. The van der Waals surface area contributed by atoms with Crippen LogP contribution in [0.15, 0.2) is 77.6 Å². The van der Waals surface area contributed by atoms with Crippen molar-refractivity contribution >= 4 is 16.8 Å². The van der Waals surface area contributed by atoms with Crippen molar-refractivity contribution in [2.45, 2.75) is 13.5 Å². The molecule has 1 amide bonds. The van der Waals surface area contributed by atoms with Gasteiger partial charge in [0.05, 0.1) is 23.1 Å². The first-order chi connectivity index (χ1) is 14.0. The van der Waals surface area contributed by atoms with Crippen LogP contribution in [0.2, 0.25) is 0 Å². The Morgan fingerprint density at radius 3 is 2.41 bits per heavy atom. The number of amides is 1. The van der Waals surface area contributed by atoms with Crippen LogP contribution in [0.25, 0.3) is 16.6 Å². The van der Waals surface area contributed by atoms with Gasteiger partial charge in [-0.15, -0.1) is 0 Å². The van der Waals surface area contributed by atoms with E-state index in [0.717, 1.165) is 5.56 Å². The van der Waals surface area contributed by atoms with E-state index in [9.17, 15) is 14.0 Å². The number of carbonyl (C=O) groups excluding carboxylic acids is 1. The zero-order chi connectivity index (χ0) is 20.4. The topological polar surface area (TPSA) is 64.0 Å². The Labute approximate surface area is 166 Å². The summed E-state index contributed by atoms with van der Waals surface area (Å²) >= 11 is 0. The second-order valence-electron chi connectivity index (χ2n) is 6.71. The van der Waals surface area contributed by atoms with Crippen molar-refractivity contribution in [1.29, 1.82) is 0 Å². The molecule has 0 atom stereocenters. The second-order valence-corrected chi connectivity index (χ2v) is 6.71. The van der Waals surface area contributed by atoms with Gasteiger partial charge in [-0.1, -0.05) is 29.8 Å². The number of benzene rings is 3. The molecule has 144 valence electrons. The Morgan fingerprint density at radius 1 is 1.00 bits per heavy atom. The van der Waals surface area contributed by atoms with E-state index in [0.29, 0.717) is 28.0 Å². The third-order valence-electron chi connectivity index (χ3n) is 4.65. The smallest absolute Gasteiger partial charge is 0.266 e. The molecule has 0 spiro atoms. The summed E-state index contributed by atoms with van der Waals surface area (Å²) in [5.74, 6) is -0.302. The lowest BCUT2D eigenvalue weighted by atomic mass is 10.1. The Balaban J connectivity index is 1.75. The highest BCUT2D eigenvalue weighted by Crippen LogP contribution is 2.14. The molecule has 0 aliphatic heterocycles. The van der Waals surface area contributed by atoms with Gasteiger partial charge in [-0.05, 0) is 55.5 Å². The molecule has 5 nitrogen and oxygen atoms in total. The van der Waals surface area contributed by atoms with Crippen molar-refractivity contribution in [2.24, 2.45) is 0 Å². The van der Waals surface area contributed by atoms with Crippen molar-refractivity contribution in [1.82, 2.24) is 14.9 Å². The zero-order valence-electron chi connectivity index (χ0n) is 15.7. The maximum Gasteiger partial charge on any atom is 0.266 e. The van der Waals surface area contributed by atoms with Crippen LogP contribution in [0.1, 0.15) is 21.7 Å². The van der Waals surface area contributed by atoms with Gasteiger partial charge in [-0.3, -0.25) is 14.2 Å². The number of hydrogen-bond acceptors (Lipinski definition) is 3. The lowest BCUT2D eigenvalue weighted by Crippen LogP contribution is -2.30. The van der Waals surface area contributed by atoms with Crippen molar-refractivity contribution in [3.8, 4) is 5.69 Å². The molecule has 3 aromatic carbocycles. The predicted molar refractivity (Wildman–Crippen MR) is 110 cm³/mol. The molecule has 1 N–H and O–H groups in total. The van der Waals surface area contributed by atoms with E-state index in [-0.39, 0.29) is 18.0 Å². The molecule has 0 bridgehead atoms. The number of aryl methyl sites for hydroxylation is 1. The standard InChI is InChI=1S/C23H18FN3O2/c1-15-6-8-16(9-7-15)22(28)25-14-21-26-20-5-3-2-4-19(20)23(29)27(21)18-12-10-17(24)11-13-18/h2-13H,14H2,1H3,(H,25,28). The number of nitrogens with one attached hydrogen (secondary N) is 1. The summed E-state index contributed by atoms with van der Waals surface area (Å²) in [5, 5.41) is 3.26. The van der Waals surface area contributed by atoms with Crippen LogP contribution in [0.3, 0.4) is 0 Å².